The van der Waals surface area contributed by atoms with Crippen molar-refractivity contribution < 1.29 is 22.7 Å². The Kier molecular flexibility index (Phi) is 5.92. The molecule has 168 valence electrons. The second-order valence-electron chi connectivity index (χ2n) is 7.36. The number of nitrogen functional groups attached to an aromatic ring is 1. The maximum absolute atomic E-state index is 14.3. The Morgan fingerprint density at radius 2 is 2.12 bits per heavy atom. The number of aromatic nitrogens is 1. The summed E-state index contributed by atoms with van der Waals surface area (Å²) in [7, 11) is 1.59. The van der Waals surface area contributed by atoms with Crippen molar-refractivity contribution >= 4 is 40.0 Å². The quantitative estimate of drug-likeness (QED) is 0.537. The number of benzene rings is 1. The summed E-state index contributed by atoms with van der Waals surface area (Å²) in [5.74, 6) is -1.29. The smallest absolute Gasteiger partial charge is 0.317 e. The van der Waals surface area contributed by atoms with Gasteiger partial charge in [0.05, 0.1) is 16.7 Å². The number of hydrogen-bond acceptors (Lipinski definition) is 5. The normalized spacial score (nSPS) is 14.9. The van der Waals surface area contributed by atoms with Crippen molar-refractivity contribution in [2.24, 2.45) is 0 Å². The highest BCUT2D eigenvalue weighted by atomic mass is 35.5. The number of urea groups is 1. The van der Waals surface area contributed by atoms with Crippen LogP contribution in [-0.2, 0) is 0 Å². The average Bonchev–Trinajstić information content (AvgIpc) is 3.22. The highest BCUT2D eigenvalue weighted by Gasteiger charge is 2.25. The number of nitrogens with one attached hydrogen (secondary N) is 1. The Morgan fingerprint density at radius 3 is 2.81 bits per heavy atom. The SMILES string of the molecule is CNC(=O)N1CC=C(c2coc3c(O[C@H](C)c4c(F)ccc(F)c4Cl)c(N)ncc23)CC1. The van der Waals surface area contributed by atoms with E-state index in [1.165, 1.54) is 6.92 Å². The van der Waals surface area contributed by atoms with Crippen LogP contribution in [0.2, 0.25) is 5.02 Å². The molecule has 1 aromatic carbocycles. The lowest BCUT2D eigenvalue weighted by atomic mass is 9.99. The Morgan fingerprint density at radius 1 is 1.38 bits per heavy atom. The Hall–Kier alpha value is -3.33. The molecule has 32 heavy (non-hydrogen) atoms. The van der Waals surface area contributed by atoms with E-state index in [0.717, 1.165) is 23.3 Å². The molecule has 0 aliphatic carbocycles. The fourth-order valence-corrected chi connectivity index (χ4v) is 4.06. The topological polar surface area (TPSA) is 93.6 Å². The first kappa shape index (κ1) is 21.9. The Balaban J connectivity index is 1.67. The number of amides is 2. The molecule has 0 saturated carbocycles. The number of fused-ring (bicyclic) bond motifs is 1. The Labute approximate surface area is 187 Å². The number of carbonyl (C=O) groups is 1. The molecule has 0 spiro atoms. The highest BCUT2D eigenvalue weighted by Crippen LogP contribution is 2.40. The van der Waals surface area contributed by atoms with Gasteiger partial charge in [0.2, 0.25) is 5.75 Å². The van der Waals surface area contributed by atoms with Crippen LogP contribution in [-0.4, -0.2) is 36.1 Å². The van der Waals surface area contributed by atoms with Gasteiger partial charge >= 0.3 is 6.03 Å². The van der Waals surface area contributed by atoms with Crippen molar-refractivity contribution in [2.45, 2.75) is 19.4 Å². The molecule has 0 radical (unpaired) electrons. The van der Waals surface area contributed by atoms with Gasteiger partial charge < -0.3 is 25.1 Å². The number of nitrogens with two attached hydrogens (primary N) is 1. The first-order valence-corrected chi connectivity index (χ1v) is 10.3. The van der Waals surface area contributed by atoms with Gasteiger partial charge in [0.1, 0.15) is 17.7 Å². The van der Waals surface area contributed by atoms with Gasteiger partial charge in [0, 0.05) is 37.5 Å². The van der Waals surface area contributed by atoms with Gasteiger partial charge in [0.15, 0.2) is 11.4 Å². The number of ether oxygens (including phenoxy) is 1. The number of halogens is 3. The monoisotopic (exact) mass is 462 g/mol. The van der Waals surface area contributed by atoms with E-state index < -0.39 is 17.7 Å². The molecule has 2 aromatic heterocycles. The van der Waals surface area contributed by atoms with Crippen LogP contribution in [0.15, 0.2) is 35.1 Å². The van der Waals surface area contributed by atoms with Crippen LogP contribution in [0, 0.1) is 11.6 Å². The van der Waals surface area contributed by atoms with Gasteiger partial charge in [-0.25, -0.2) is 18.6 Å². The van der Waals surface area contributed by atoms with E-state index in [4.69, 9.17) is 26.5 Å². The molecule has 0 saturated heterocycles. The van der Waals surface area contributed by atoms with Crippen LogP contribution in [0.3, 0.4) is 0 Å². The number of rotatable bonds is 4. The molecule has 7 nitrogen and oxygen atoms in total. The molecule has 4 rings (SSSR count). The number of pyridine rings is 1. The largest absolute Gasteiger partial charge is 0.478 e. The summed E-state index contributed by atoms with van der Waals surface area (Å²) in [6, 6.07) is 1.80. The maximum Gasteiger partial charge on any atom is 0.317 e. The lowest BCUT2D eigenvalue weighted by Gasteiger charge is -2.25. The van der Waals surface area contributed by atoms with E-state index in [1.807, 2.05) is 6.08 Å². The molecule has 1 aliphatic rings. The van der Waals surface area contributed by atoms with E-state index in [-0.39, 0.29) is 28.2 Å². The summed E-state index contributed by atoms with van der Waals surface area (Å²) in [5.41, 5.74) is 8.02. The van der Waals surface area contributed by atoms with Crippen LogP contribution in [0.25, 0.3) is 16.5 Å². The van der Waals surface area contributed by atoms with Crippen LogP contribution >= 0.6 is 11.6 Å². The summed E-state index contributed by atoms with van der Waals surface area (Å²) in [5, 5.41) is 2.91. The van der Waals surface area contributed by atoms with Gasteiger partial charge in [0.25, 0.3) is 0 Å². The Bertz CT molecular complexity index is 1230. The first-order chi connectivity index (χ1) is 15.3. The van der Waals surface area contributed by atoms with Crippen molar-refractivity contribution in [3.05, 3.63) is 58.5 Å². The number of furan rings is 1. The second kappa shape index (κ2) is 8.66. The number of hydrogen-bond donors (Lipinski definition) is 2. The molecule has 1 aliphatic heterocycles. The van der Waals surface area contributed by atoms with Crippen molar-refractivity contribution in [1.29, 1.82) is 0 Å². The number of carbonyl (C=O) groups excluding carboxylic acids is 1. The van der Waals surface area contributed by atoms with Crippen molar-refractivity contribution in [3.63, 3.8) is 0 Å². The third-order valence-electron chi connectivity index (χ3n) is 5.44. The fraction of sp³-hybridized carbons (Fsp3) is 0.273. The van der Waals surface area contributed by atoms with Crippen LogP contribution < -0.4 is 15.8 Å². The van der Waals surface area contributed by atoms with Gasteiger partial charge in [-0.3, -0.25) is 0 Å². The maximum atomic E-state index is 14.3. The number of anilines is 1. The van der Waals surface area contributed by atoms with Crippen molar-refractivity contribution in [1.82, 2.24) is 15.2 Å². The van der Waals surface area contributed by atoms with E-state index in [9.17, 15) is 13.6 Å². The van der Waals surface area contributed by atoms with E-state index in [2.05, 4.69) is 10.3 Å². The zero-order chi connectivity index (χ0) is 23.0. The molecule has 1 atom stereocenters. The second-order valence-corrected chi connectivity index (χ2v) is 7.74. The van der Waals surface area contributed by atoms with Gasteiger partial charge in [-0.15, -0.1) is 0 Å². The summed E-state index contributed by atoms with van der Waals surface area (Å²) in [6.45, 7) is 2.54. The molecule has 0 unspecified atom stereocenters. The molecule has 0 fully saturated rings. The van der Waals surface area contributed by atoms with Crippen molar-refractivity contribution in [3.8, 4) is 5.75 Å². The molecule has 0 bridgehead atoms. The fourth-order valence-electron chi connectivity index (χ4n) is 3.75. The van der Waals surface area contributed by atoms with E-state index in [0.29, 0.717) is 30.5 Å². The minimum absolute atomic E-state index is 0.0431. The molecule has 3 aromatic rings. The molecular weight excluding hydrogens is 442 g/mol. The summed E-state index contributed by atoms with van der Waals surface area (Å²) in [6.07, 6.45) is 4.76. The molecule has 2 amide bonds. The number of nitrogens with zero attached hydrogens (tertiary/aromatic N) is 2. The first-order valence-electron chi connectivity index (χ1n) is 9.93. The zero-order valence-corrected chi connectivity index (χ0v) is 18.2. The predicted molar refractivity (Wildman–Crippen MR) is 117 cm³/mol. The van der Waals surface area contributed by atoms with Crippen LogP contribution in [0.1, 0.15) is 30.6 Å². The summed E-state index contributed by atoms with van der Waals surface area (Å²) >= 11 is 5.96. The lowest BCUT2D eigenvalue weighted by Crippen LogP contribution is -2.40. The van der Waals surface area contributed by atoms with Gasteiger partial charge in [-0.1, -0.05) is 17.7 Å². The van der Waals surface area contributed by atoms with Gasteiger partial charge in [-0.2, -0.15) is 0 Å². The van der Waals surface area contributed by atoms with E-state index >= 15 is 0 Å². The zero-order valence-electron chi connectivity index (χ0n) is 17.4. The third kappa shape index (κ3) is 3.84. The van der Waals surface area contributed by atoms with Gasteiger partial charge in [-0.05, 0) is 31.1 Å². The average molecular weight is 463 g/mol. The molecule has 3 heterocycles. The van der Waals surface area contributed by atoms with Crippen LogP contribution in [0.4, 0.5) is 19.4 Å². The predicted octanol–water partition coefficient (Wildman–Crippen LogP) is 4.91. The molecular formula is C22H21ClF2N4O3. The van der Waals surface area contributed by atoms with Crippen molar-refractivity contribution in [2.75, 3.05) is 25.9 Å². The lowest BCUT2D eigenvalue weighted by molar-refractivity contribution is 0.205. The highest BCUT2D eigenvalue weighted by molar-refractivity contribution is 6.31. The standard InChI is InChI=1S/C22H21ClF2N4O3/c1-11(17-15(24)3-4-16(25)18(17)23)32-20-19-13(9-28-21(20)26)14(10-31-19)12-5-7-29(8-6-12)22(30)27-2/h3-5,9-11H,6-8H2,1-2H3,(H2,26,28)(H,27,30)/t11-/m1/s1. The molecule has 10 heteroatoms. The van der Waals surface area contributed by atoms with Crippen LogP contribution in [0.5, 0.6) is 5.75 Å². The minimum atomic E-state index is -0.962. The third-order valence-corrected chi connectivity index (χ3v) is 5.82. The molecule has 3 N–H and O–H groups in total. The minimum Gasteiger partial charge on any atom is -0.478 e. The van der Waals surface area contributed by atoms with E-state index in [1.54, 1.807) is 24.4 Å². The summed E-state index contributed by atoms with van der Waals surface area (Å²) < 4.78 is 39.8. The summed E-state index contributed by atoms with van der Waals surface area (Å²) in [4.78, 5) is 17.7.